The minimum absolute atomic E-state index is 0.431. The predicted octanol–water partition coefficient (Wildman–Crippen LogP) is 3.49. The number of rotatable bonds is 5. The first-order chi connectivity index (χ1) is 7.93. The van der Waals surface area contributed by atoms with Crippen molar-refractivity contribution in [2.75, 3.05) is 13.1 Å². The molecule has 0 heterocycles. The molecule has 0 aliphatic carbocycles. The zero-order valence-corrected chi connectivity index (χ0v) is 11.7. The molecule has 0 fully saturated rings. The van der Waals surface area contributed by atoms with E-state index in [4.69, 9.17) is 0 Å². The Morgan fingerprint density at radius 2 is 1.71 bits per heavy atom. The second-order valence-electron chi connectivity index (χ2n) is 5.30. The van der Waals surface area contributed by atoms with Gasteiger partial charge in [0, 0.05) is 13.1 Å². The van der Waals surface area contributed by atoms with Crippen molar-refractivity contribution >= 4 is 0 Å². The maximum absolute atomic E-state index is 9.75. The van der Waals surface area contributed by atoms with Gasteiger partial charge in [0.15, 0.2) is 0 Å². The Morgan fingerprint density at radius 3 is 2.12 bits per heavy atom. The number of phenols is 1. The molecule has 0 aliphatic rings. The van der Waals surface area contributed by atoms with Crippen LogP contribution in [0.2, 0.25) is 0 Å². The van der Waals surface area contributed by atoms with Crippen molar-refractivity contribution < 1.29 is 5.11 Å². The van der Waals surface area contributed by atoms with Gasteiger partial charge < -0.3 is 5.11 Å². The van der Waals surface area contributed by atoms with Gasteiger partial charge >= 0.3 is 0 Å². The second-order valence-corrected chi connectivity index (χ2v) is 5.30. The van der Waals surface area contributed by atoms with Gasteiger partial charge in [-0.1, -0.05) is 32.9 Å². The number of benzene rings is 1. The summed E-state index contributed by atoms with van der Waals surface area (Å²) in [7, 11) is 0. The van der Waals surface area contributed by atoms with E-state index in [0.29, 0.717) is 11.7 Å². The zero-order chi connectivity index (χ0) is 13.0. The summed E-state index contributed by atoms with van der Waals surface area (Å²) >= 11 is 0. The van der Waals surface area contributed by atoms with Crippen molar-refractivity contribution in [3.8, 4) is 5.75 Å². The van der Waals surface area contributed by atoms with E-state index in [1.54, 1.807) is 0 Å². The SMILES string of the molecule is CCN(Cc1cc(C)c(O)c(C)c1)CC(C)C. The Hall–Kier alpha value is -1.02. The molecule has 0 amide bonds. The highest BCUT2D eigenvalue weighted by Crippen LogP contribution is 2.23. The second kappa shape index (κ2) is 6.06. The fourth-order valence-corrected chi connectivity index (χ4v) is 2.22. The molecule has 0 unspecified atom stereocenters. The number of nitrogens with zero attached hydrogens (tertiary/aromatic N) is 1. The summed E-state index contributed by atoms with van der Waals surface area (Å²) in [4.78, 5) is 2.44. The molecule has 17 heavy (non-hydrogen) atoms. The maximum Gasteiger partial charge on any atom is 0.121 e. The fourth-order valence-electron chi connectivity index (χ4n) is 2.22. The topological polar surface area (TPSA) is 23.5 Å². The zero-order valence-electron chi connectivity index (χ0n) is 11.7. The van der Waals surface area contributed by atoms with E-state index in [2.05, 4.69) is 37.8 Å². The van der Waals surface area contributed by atoms with Crippen LogP contribution in [0.25, 0.3) is 0 Å². The van der Waals surface area contributed by atoms with Crippen LogP contribution < -0.4 is 0 Å². The monoisotopic (exact) mass is 235 g/mol. The van der Waals surface area contributed by atoms with Crippen molar-refractivity contribution in [3.05, 3.63) is 28.8 Å². The summed E-state index contributed by atoms with van der Waals surface area (Å²) in [5, 5.41) is 9.75. The van der Waals surface area contributed by atoms with Crippen molar-refractivity contribution in [1.29, 1.82) is 0 Å². The molecule has 0 atom stereocenters. The molecule has 1 N–H and O–H groups in total. The molecule has 0 radical (unpaired) electrons. The van der Waals surface area contributed by atoms with E-state index in [-0.39, 0.29) is 0 Å². The highest BCUT2D eigenvalue weighted by atomic mass is 16.3. The van der Waals surface area contributed by atoms with Gasteiger partial charge in [-0.05, 0) is 43.0 Å². The van der Waals surface area contributed by atoms with Gasteiger partial charge in [0.1, 0.15) is 5.75 Å². The first-order valence-corrected chi connectivity index (χ1v) is 6.45. The molecule has 2 nitrogen and oxygen atoms in total. The molecule has 1 rings (SSSR count). The van der Waals surface area contributed by atoms with Crippen LogP contribution in [0.1, 0.15) is 37.5 Å². The van der Waals surface area contributed by atoms with Crippen LogP contribution in [-0.4, -0.2) is 23.1 Å². The number of hydrogen-bond donors (Lipinski definition) is 1. The number of hydrogen-bond acceptors (Lipinski definition) is 2. The Kier molecular flexibility index (Phi) is 5.01. The minimum Gasteiger partial charge on any atom is -0.507 e. The van der Waals surface area contributed by atoms with Gasteiger partial charge in [-0.15, -0.1) is 0 Å². The summed E-state index contributed by atoms with van der Waals surface area (Å²) in [6.45, 7) is 13.8. The van der Waals surface area contributed by atoms with E-state index in [1.165, 1.54) is 5.56 Å². The third-order valence-corrected chi connectivity index (χ3v) is 3.03. The molecule has 0 saturated heterocycles. The summed E-state index contributed by atoms with van der Waals surface area (Å²) in [6, 6.07) is 4.18. The number of aromatic hydroxyl groups is 1. The van der Waals surface area contributed by atoms with Crippen LogP contribution in [0.4, 0.5) is 0 Å². The highest BCUT2D eigenvalue weighted by molar-refractivity contribution is 5.42. The Labute approximate surface area is 105 Å². The summed E-state index contributed by atoms with van der Waals surface area (Å²) in [5.41, 5.74) is 3.24. The molecule has 0 aromatic heterocycles. The standard InChI is InChI=1S/C15H25NO/c1-6-16(9-11(2)3)10-14-7-12(4)15(17)13(5)8-14/h7-8,11,17H,6,9-10H2,1-5H3. The first-order valence-electron chi connectivity index (χ1n) is 6.45. The molecular formula is C15H25NO. The quantitative estimate of drug-likeness (QED) is 0.844. The Morgan fingerprint density at radius 1 is 1.18 bits per heavy atom. The van der Waals surface area contributed by atoms with E-state index in [1.807, 2.05) is 13.8 Å². The van der Waals surface area contributed by atoms with E-state index >= 15 is 0 Å². The van der Waals surface area contributed by atoms with E-state index in [9.17, 15) is 5.11 Å². The van der Waals surface area contributed by atoms with Crippen molar-refractivity contribution in [3.63, 3.8) is 0 Å². The Bertz CT molecular complexity index is 348. The van der Waals surface area contributed by atoms with Crippen LogP contribution in [0.5, 0.6) is 5.75 Å². The Balaban J connectivity index is 2.79. The van der Waals surface area contributed by atoms with Crippen LogP contribution in [-0.2, 0) is 6.54 Å². The van der Waals surface area contributed by atoms with Crippen LogP contribution in [0.15, 0.2) is 12.1 Å². The van der Waals surface area contributed by atoms with Crippen molar-refractivity contribution in [2.24, 2.45) is 5.92 Å². The lowest BCUT2D eigenvalue weighted by Gasteiger charge is -2.23. The lowest BCUT2D eigenvalue weighted by molar-refractivity contribution is 0.248. The largest absolute Gasteiger partial charge is 0.507 e. The lowest BCUT2D eigenvalue weighted by atomic mass is 10.0. The molecule has 96 valence electrons. The van der Waals surface area contributed by atoms with Gasteiger partial charge in [-0.2, -0.15) is 0 Å². The molecule has 1 aromatic carbocycles. The van der Waals surface area contributed by atoms with Gasteiger partial charge in [-0.25, -0.2) is 0 Å². The number of phenolic OH excluding ortho intramolecular Hbond substituents is 1. The summed E-state index contributed by atoms with van der Waals surface area (Å²) < 4.78 is 0. The van der Waals surface area contributed by atoms with E-state index < -0.39 is 0 Å². The van der Waals surface area contributed by atoms with Crippen LogP contribution in [0, 0.1) is 19.8 Å². The molecule has 0 saturated carbocycles. The third-order valence-electron chi connectivity index (χ3n) is 3.03. The maximum atomic E-state index is 9.75. The van der Waals surface area contributed by atoms with Gasteiger partial charge in [0.25, 0.3) is 0 Å². The predicted molar refractivity (Wildman–Crippen MR) is 73.4 cm³/mol. The average Bonchev–Trinajstić information content (AvgIpc) is 2.24. The van der Waals surface area contributed by atoms with Crippen molar-refractivity contribution in [2.45, 2.75) is 41.2 Å². The molecular weight excluding hydrogens is 210 g/mol. The lowest BCUT2D eigenvalue weighted by Crippen LogP contribution is -2.27. The van der Waals surface area contributed by atoms with Gasteiger partial charge in [0.2, 0.25) is 0 Å². The summed E-state index contributed by atoms with van der Waals surface area (Å²) in [5.74, 6) is 1.12. The summed E-state index contributed by atoms with van der Waals surface area (Å²) in [6.07, 6.45) is 0. The molecule has 0 bridgehead atoms. The van der Waals surface area contributed by atoms with Crippen LogP contribution >= 0.6 is 0 Å². The first kappa shape index (κ1) is 14.0. The van der Waals surface area contributed by atoms with Gasteiger partial charge in [0.05, 0.1) is 0 Å². The normalized spacial score (nSPS) is 11.5. The van der Waals surface area contributed by atoms with Crippen molar-refractivity contribution in [1.82, 2.24) is 4.90 Å². The molecule has 1 aromatic rings. The fraction of sp³-hybridized carbons (Fsp3) is 0.600. The minimum atomic E-state index is 0.431. The third kappa shape index (κ3) is 4.04. The van der Waals surface area contributed by atoms with E-state index in [0.717, 1.165) is 30.8 Å². The molecule has 0 aliphatic heterocycles. The van der Waals surface area contributed by atoms with Crippen LogP contribution in [0.3, 0.4) is 0 Å². The smallest absolute Gasteiger partial charge is 0.121 e. The molecule has 2 heteroatoms. The van der Waals surface area contributed by atoms with Gasteiger partial charge in [-0.3, -0.25) is 4.90 Å². The average molecular weight is 235 g/mol. The number of aryl methyl sites for hydroxylation is 2. The molecule has 0 spiro atoms. The highest BCUT2D eigenvalue weighted by Gasteiger charge is 2.08.